The Kier molecular flexibility index (Phi) is 7.86. The Hall–Kier alpha value is -3.90. The highest BCUT2D eigenvalue weighted by atomic mass is 35.5. The summed E-state index contributed by atoms with van der Waals surface area (Å²) in [5.74, 6) is -0.655. The van der Waals surface area contributed by atoms with Crippen molar-refractivity contribution in [3.63, 3.8) is 0 Å². The van der Waals surface area contributed by atoms with E-state index in [-0.39, 0.29) is 18.0 Å². The van der Waals surface area contributed by atoms with Crippen molar-refractivity contribution in [1.29, 1.82) is 0 Å². The number of hydrogen-bond donors (Lipinski definition) is 1. The molecule has 1 heterocycles. The first-order chi connectivity index (χ1) is 17.4. The van der Waals surface area contributed by atoms with Crippen molar-refractivity contribution in [2.75, 3.05) is 13.1 Å². The van der Waals surface area contributed by atoms with Crippen LogP contribution >= 0.6 is 11.6 Å². The van der Waals surface area contributed by atoms with Crippen LogP contribution in [0.25, 0.3) is 16.9 Å². The normalized spacial score (nSPS) is 10.9. The maximum absolute atomic E-state index is 13.6. The van der Waals surface area contributed by atoms with Crippen LogP contribution in [0.4, 0.5) is 0 Å². The Bertz CT molecular complexity index is 1410. The first-order valence-corrected chi connectivity index (χ1v) is 12.4. The first kappa shape index (κ1) is 25.2. The van der Waals surface area contributed by atoms with Gasteiger partial charge in [0.15, 0.2) is 5.78 Å². The number of aromatic amines is 1. The molecule has 4 rings (SSSR count). The van der Waals surface area contributed by atoms with E-state index in [1.807, 2.05) is 49.4 Å². The van der Waals surface area contributed by atoms with E-state index in [4.69, 9.17) is 11.6 Å². The van der Waals surface area contributed by atoms with E-state index in [1.165, 1.54) is 9.58 Å². The summed E-state index contributed by atoms with van der Waals surface area (Å²) < 4.78 is 1.33. The predicted molar refractivity (Wildman–Crippen MR) is 143 cm³/mol. The van der Waals surface area contributed by atoms with Crippen LogP contribution in [0.2, 0.25) is 5.02 Å². The number of aromatic nitrogens is 2. The van der Waals surface area contributed by atoms with Gasteiger partial charge >= 0.3 is 0 Å². The molecule has 0 fully saturated rings. The Morgan fingerprint density at radius 1 is 0.917 bits per heavy atom. The van der Waals surface area contributed by atoms with Crippen LogP contribution < -0.4 is 5.56 Å². The minimum atomic E-state index is -0.475. The van der Waals surface area contributed by atoms with Crippen LogP contribution in [-0.2, 0) is 6.42 Å². The number of aryl methyl sites for hydroxylation is 1. The third kappa shape index (κ3) is 5.34. The highest BCUT2D eigenvalue weighted by Gasteiger charge is 2.26. The van der Waals surface area contributed by atoms with Crippen LogP contribution in [0.1, 0.15) is 46.5 Å². The Morgan fingerprint density at radius 3 is 2.19 bits per heavy atom. The second-order valence-electron chi connectivity index (χ2n) is 8.55. The maximum atomic E-state index is 13.6. The van der Waals surface area contributed by atoms with Crippen molar-refractivity contribution in [3.8, 4) is 16.9 Å². The van der Waals surface area contributed by atoms with Crippen molar-refractivity contribution in [3.05, 3.63) is 111 Å². The fourth-order valence-corrected chi connectivity index (χ4v) is 4.25. The molecule has 1 amide bonds. The molecule has 0 bridgehead atoms. The zero-order valence-electron chi connectivity index (χ0n) is 20.3. The molecule has 0 atom stereocenters. The van der Waals surface area contributed by atoms with E-state index in [9.17, 15) is 14.4 Å². The number of nitrogens with one attached hydrogen (secondary N) is 1. The van der Waals surface area contributed by atoms with Gasteiger partial charge in [0.2, 0.25) is 0 Å². The molecular formula is C29H28ClN3O3. The molecule has 1 aromatic heterocycles. The molecule has 0 aliphatic rings. The van der Waals surface area contributed by atoms with E-state index >= 15 is 0 Å². The summed E-state index contributed by atoms with van der Waals surface area (Å²) in [4.78, 5) is 41.9. The number of halogens is 1. The van der Waals surface area contributed by atoms with Crippen molar-refractivity contribution < 1.29 is 9.59 Å². The van der Waals surface area contributed by atoms with Crippen LogP contribution in [0.5, 0.6) is 0 Å². The quantitative estimate of drug-likeness (QED) is 0.295. The van der Waals surface area contributed by atoms with Crippen molar-refractivity contribution in [2.24, 2.45) is 0 Å². The van der Waals surface area contributed by atoms with Crippen LogP contribution in [-0.4, -0.2) is 39.5 Å². The third-order valence-electron chi connectivity index (χ3n) is 6.04. The number of rotatable bonds is 9. The number of carbonyl (C=O) groups is 2. The van der Waals surface area contributed by atoms with E-state index in [2.05, 4.69) is 12.0 Å². The van der Waals surface area contributed by atoms with Gasteiger partial charge in [-0.25, -0.2) is 4.68 Å². The fourth-order valence-electron chi connectivity index (χ4n) is 4.12. The number of Topliss-reactive ketones (excluding diaryl/α,β-unsaturated/α-hetero) is 1. The topological polar surface area (TPSA) is 75.2 Å². The zero-order valence-corrected chi connectivity index (χ0v) is 21.1. The molecule has 6 nitrogen and oxygen atoms in total. The molecule has 7 heteroatoms. The second-order valence-corrected chi connectivity index (χ2v) is 8.98. The number of carbonyl (C=O) groups excluding carboxylic acids is 2. The Labute approximate surface area is 215 Å². The van der Waals surface area contributed by atoms with Crippen molar-refractivity contribution in [1.82, 2.24) is 14.7 Å². The summed E-state index contributed by atoms with van der Waals surface area (Å²) in [5.41, 5.74) is 2.87. The van der Waals surface area contributed by atoms with E-state index in [1.54, 1.807) is 36.4 Å². The van der Waals surface area contributed by atoms with Gasteiger partial charge in [-0.3, -0.25) is 19.5 Å². The maximum Gasteiger partial charge on any atom is 0.282 e. The number of benzene rings is 3. The molecule has 0 spiro atoms. The summed E-state index contributed by atoms with van der Waals surface area (Å²) in [7, 11) is 0. The highest BCUT2D eigenvalue weighted by molar-refractivity contribution is 6.30. The average molecular weight is 502 g/mol. The van der Waals surface area contributed by atoms with Crippen molar-refractivity contribution in [2.45, 2.75) is 26.7 Å². The van der Waals surface area contributed by atoms with E-state index in [0.717, 1.165) is 12.0 Å². The molecule has 3 aromatic carbocycles. The SMILES string of the molecule is CCCN(CC(=O)c1c(-c2ccccc2)[nH]n(-c2ccc(Cl)cc2)c1=O)C(=O)c1ccc(CC)cc1. The van der Waals surface area contributed by atoms with Crippen LogP contribution in [0.3, 0.4) is 0 Å². The summed E-state index contributed by atoms with van der Waals surface area (Å²) in [6, 6.07) is 23.4. The molecule has 184 valence electrons. The molecule has 1 N–H and O–H groups in total. The fraction of sp³-hybridized carbons (Fsp3) is 0.207. The molecule has 0 saturated heterocycles. The molecular weight excluding hydrogens is 474 g/mol. The lowest BCUT2D eigenvalue weighted by Crippen LogP contribution is -2.37. The molecule has 0 unspecified atom stereocenters. The number of ketones is 1. The zero-order chi connectivity index (χ0) is 25.7. The number of hydrogen-bond acceptors (Lipinski definition) is 3. The molecule has 4 aromatic rings. The van der Waals surface area contributed by atoms with Gasteiger partial charge in [-0.1, -0.05) is 67.9 Å². The Balaban J connectivity index is 1.72. The smallest absolute Gasteiger partial charge is 0.282 e. The minimum Gasteiger partial charge on any atom is -0.331 e. The number of amides is 1. The lowest BCUT2D eigenvalue weighted by atomic mass is 10.0. The number of nitrogens with zero attached hydrogens (tertiary/aromatic N) is 2. The van der Waals surface area contributed by atoms with Gasteiger partial charge < -0.3 is 4.90 Å². The Morgan fingerprint density at radius 2 is 1.58 bits per heavy atom. The summed E-state index contributed by atoms with van der Waals surface area (Å²) in [6.07, 6.45) is 1.56. The molecule has 0 aliphatic heterocycles. The third-order valence-corrected chi connectivity index (χ3v) is 6.29. The summed E-state index contributed by atoms with van der Waals surface area (Å²) in [6.45, 7) is 4.20. The largest absolute Gasteiger partial charge is 0.331 e. The molecule has 0 saturated carbocycles. The lowest BCUT2D eigenvalue weighted by molar-refractivity contribution is 0.0709. The van der Waals surface area contributed by atoms with Gasteiger partial charge in [0.05, 0.1) is 17.9 Å². The second kappa shape index (κ2) is 11.2. The molecule has 0 aliphatic carbocycles. The van der Waals surface area contributed by atoms with Gasteiger partial charge in [0.1, 0.15) is 5.56 Å². The van der Waals surface area contributed by atoms with E-state index < -0.39 is 11.3 Å². The predicted octanol–water partition coefficient (Wildman–Crippen LogP) is 5.78. The van der Waals surface area contributed by atoms with Crippen LogP contribution in [0, 0.1) is 0 Å². The minimum absolute atomic E-state index is 0.0198. The van der Waals surface area contributed by atoms with Gasteiger partial charge in [-0.15, -0.1) is 0 Å². The van der Waals surface area contributed by atoms with E-state index in [0.29, 0.717) is 40.5 Å². The molecule has 0 radical (unpaired) electrons. The van der Waals surface area contributed by atoms with Gasteiger partial charge in [0.25, 0.3) is 11.5 Å². The van der Waals surface area contributed by atoms with Crippen LogP contribution in [0.15, 0.2) is 83.7 Å². The number of H-pyrrole nitrogens is 1. The lowest BCUT2D eigenvalue weighted by Gasteiger charge is -2.21. The van der Waals surface area contributed by atoms with Gasteiger partial charge in [-0.05, 0) is 54.8 Å². The highest BCUT2D eigenvalue weighted by Crippen LogP contribution is 2.22. The average Bonchev–Trinajstić information content (AvgIpc) is 3.26. The first-order valence-electron chi connectivity index (χ1n) is 12.0. The van der Waals surface area contributed by atoms with Gasteiger partial charge in [0, 0.05) is 22.7 Å². The standard InChI is InChI=1S/C29H28ClN3O3/c1-3-18-32(28(35)22-12-10-20(4-2)11-13-22)19-25(34)26-27(21-8-6-5-7-9-21)31-33(29(26)36)24-16-14-23(30)15-17-24/h5-17,31H,3-4,18-19H2,1-2H3. The summed E-state index contributed by atoms with van der Waals surface area (Å²) in [5, 5.41) is 3.64. The monoisotopic (exact) mass is 501 g/mol. The van der Waals surface area contributed by atoms with Gasteiger partial charge in [-0.2, -0.15) is 0 Å². The van der Waals surface area contributed by atoms with Crippen molar-refractivity contribution >= 4 is 23.3 Å². The summed E-state index contributed by atoms with van der Waals surface area (Å²) >= 11 is 6.02. The molecule has 36 heavy (non-hydrogen) atoms.